The minimum absolute atomic E-state index is 0.701. The van der Waals surface area contributed by atoms with Crippen molar-refractivity contribution >= 4 is 27.5 Å². The van der Waals surface area contributed by atoms with E-state index in [1.54, 1.807) is 0 Å². The van der Waals surface area contributed by atoms with Crippen LogP contribution in [-0.2, 0) is 0 Å². The number of benzene rings is 1. The van der Waals surface area contributed by atoms with E-state index in [2.05, 4.69) is 41.1 Å². The van der Waals surface area contributed by atoms with Crippen molar-refractivity contribution in [1.82, 2.24) is 0 Å². The summed E-state index contributed by atoms with van der Waals surface area (Å²) >= 11 is 9.41. The van der Waals surface area contributed by atoms with E-state index >= 15 is 0 Å². The van der Waals surface area contributed by atoms with Gasteiger partial charge in [-0.15, -0.1) is 11.6 Å². The molecule has 1 saturated carbocycles. The predicted octanol–water partition coefficient (Wildman–Crippen LogP) is 4.10. The van der Waals surface area contributed by atoms with E-state index < -0.39 is 0 Å². The van der Waals surface area contributed by atoms with Gasteiger partial charge in [0.05, 0.1) is 0 Å². The van der Waals surface area contributed by atoms with Crippen LogP contribution >= 0.6 is 27.5 Å². The largest absolute Gasteiger partial charge is 0.126 e. The first-order valence-electron chi connectivity index (χ1n) is 4.54. The third kappa shape index (κ3) is 1.92. The zero-order valence-electron chi connectivity index (χ0n) is 7.56. The van der Waals surface area contributed by atoms with Gasteiger partial charge in [-0.05, 0) is 42.4 Å². The molecule has 0 nitrogen and oxygen atoms in total. The second-order valence-corrected chi connectivity index (χ2v) is 4.94. The van der Waals surface area contributed by atoms with E-state index in [0.29, 0.717) is 11.8 Å². The Kier molecular flexibility index (Phi) is 2.66. The fourth-order valence-corrected chi connectivity index (χ4v) is 2.86. The first-order valence-corrected chi connectivity index (χ1v) is 5.87. The van der Waals surface area contributed by atoms with Gasteiger partial charge in [0, 0.05) is 10.4 Å². The van der Waals surface area contributed by atoms with Crippen molar-refractivity contribution in [1.29, 1.82) is 0 Å². The maximum absolute atomic E-state index is 5.81. The first-order chi connectivity index (χ1) is 6.22. The number of halogens is 2. The average Bonchev–Trinajstić information content (AvgIpc) is 2.83. The monoisotopic (exact) mass is 258 g/mol. The van der Waals surface area contributed by atoms with Crippen LogP contribution in [-0.4, -0.2) is 5.88 Å². The molecule has 2 unspecified atom stereocenters. The molecule has 0 bridgehead atoms. The Morgan fingerprint density at radius 2 is 2.31 bits per heavy atom. The summed E-state index contributed by atoms with van der Waals surface area (Å²) in [5.41, 5.74) is 2.73. The average molecular weight is 260 g/mol. The molecule has 0 N–H and O–H groups in total. The summed E-state index contributed by atoms with van der Waals surface area (Å²) in [7, 11) is 0. The first kappa shape index (κ1) is 9.54. The van der Waals surface area contributed by atoms with Crippen LogP contribution in [0, 0.1) is 12.8 Å². The zero-order valence-corrected chi connectivity index (χ0v) is 9.90. The second-order valence-electron chi connectivity index (χ2n) is 3.78. The van der Waals surface area contributed by atoms with Crippen molar-refractivity contribution in [3.05, 3.63) is 33.8 Å². The fraction of sp³-hybridized carbons (Fsp3) is 0.455. The molecule has 0 amide bonds. The highest BCUT2D eigenvalue weighted by Gasteiger charge is 2.38. The predicted molar refractivity (Wildman–Crippen MR) is 60.4 cm³/mol. The van der Waals surface area contributed by atoms with Crippen LogP contribution in [0.1, 0.15) is 23.5 Å². The highest BCUT2D eigenvalue weighted by atomic mass is 79.9. The fourth-order valence-electron chi connectivity index (χ4n) is 1.73. The van der Waals surface area contributed by atoms with Crippen LogP contribution in [0.3, 0.4) is 0 Å². The lowest BCUT2D eigenvalue weighted by Crippen LogP contribution is -1.87. The molecule has 0 spiro atoms. The number of rotatable bonds is 2. The van der Waals surface area contributed by atoms with E-state index in [1.807, 2.05) is 0 Å². The molecular formula is C11H12BrCl. The summed E-state index contributed by atoms with van der Waals surface area (Å²) in [6.45, 7) is 2.11. The Labute approximate surface area is 92.4 Å². The highest BCUT2D eigenvalue weighted by molar-refractivity contribution is 9.10. The van der Waals surface area contributed by atoms with Crippen molar-refractivity contribution in [2.75, 3.05) is 5.88 Å². The van der Waals surface area contributed by atoms with Gasteiger partial charge in [-0.1, -0.05) is 28.1 Å². The molecule has 1 aromatic rings. The Balaban J connectivity index is 2.22. The van der Waals surface area contributed by atoms with Gasteiger partial charge in [0.15, 0.2) is 0 Å². The zero-order chi connectivity index (χ0) is 9.42. The third-order valence-corrected chi connectivity index (χ3v) is 3.76. The van der Waals surface area contributed by atoms with E-state index in [0.717, 1.165) is 5.88 Å². The summed E-state index contributed by atoms with van der Waals surface area (Å²) in [6, 6.07) is 6.57. The number of aryl methyl sites for hydroxylation is 1. The molecule has 13 heavy (non-hydrogen) atoms. The molecule has 1 aliphatic carbocycles. The highest BCUT2D eigenvalue weighted by Crippen LogP contribution is 2.50. The lowest BCUT2D eigenvalue weighted by Gasteiger charge is -2.03. The lowest BCUT2D eigenvalue weighted by molar-refractivity contribution is 0.919. The smallest absolute Gasteiger partial charge is 0.0257 e. The third-order valence-electron chi connectivity index (χ3n) is 2.68. The van der Waals surface area contributed by atoms with Crippen LogP contribution in [0.15, 0.2) is 22.7 Å². The summed E-state index contributed by atoms with van der Waals surface area (Å²) in [5.74, 6) is 2.21. The van der Waals surface area contributed by atoms with Gasteiger partial charge in [-0.2, -0.15) is 0 Å². The van der Waals surface area contributed by atoms with Gasteiger partial charge in [0.25, 0.3) is 0 Å². The van der Waals surface area contributed by atoms with E-state index in [4.69, 9.17) is 11.6 Å². The molecule has 2 atom stereocenters. The molecule has 2 heteroatoms. The summed E-state index contributed by atoms with van der Waals surface area (Å²) in [4.78, 5) is 0. The van der Waals surface area contributed by atoms with E-state index in [-0.39, 0.29) is 0 Å². The van der Waals surface area contributed by atoms with Crippen molar-refractivity contribution in [2.45, 2.75) is 19.3 Å². The van der Waals surface area contributed by atoms with Crippen molar-refractivity contribution < 1.29 is 0 Å². The summed E-state index contributed by atoms with van der Waals surface area (Å²) in [6.07, 6.45) is 1.26. The normalized spacial score (nSPS) is 26.1. The molecule has 0 radical (unpaired) electrons. The summed E-state index contributed by atoms with van der Waals surface area (Å²) in [5, 5.41) is 0. The Morgan fingerprint density at radius 1 is 1.54 bits per heavy atom. The standard InChI is InChI=1S/C11H12BrCl/c1-7-2-3-9(11(12)4-7)10-5-8(10)6-13/h2-4,8,10H,5-6H2,1H3. The van der Waals surface area contributed by atoms with Crippen molar-refractivity contribution in [2.24, 2.45) is 5.92 Å². The maximum atomic E-state index is 5.81. The minimum Gasteiger partial charge on any atom is -0.126 e. The van der Waals surface area contributed by atoms with Crippen LogP contribution in [0.25, 0.3) is 0 Å². The molecule has 2 rings (SSSR count). The van der Waals surface area contributed by atoms with E-state index in [1.165, 1.54) is 22.0 Å². The maximum Gasteiger partial charge on any atom is 0.0257 e. The molecule has 70 valence electrons. The lowest BCUT2D eigenvalue weighted by atomic mass is 10.1. The molecule has 1 aromatic carbocycles. The van der Waals surface area contributed by atoms with Gasteiger partial charge >= 0.3 is 0 Å². The van der Waals surface area contributed by atoms with Gasteiger partial charge in [-0.3, -0.25) is 0 Å². The number of hydrogen-bond donors (Lipinski definition) is 0. The Bertz CT molecular complexity index is 322. The molecular weight excluding hydrogens is 247 g/mol. The van der Waals surface area contributed by atoms with Crippen LogP contribution in [0.4, 0.5) is 0 Å². The SMILES string of the molecule is Cc1ccc(C2CC2CCl)c(Br)c1. The van der Waals surface area contributed by atoms with Crippen molar-refractivity contribution in [3.63, 3.8) is 0 Å². The Hall–Kier alpha value is -0.0100. The second kappa shape index (κ2) is 3.62. The molecule has 1 fully saturated rings. The van der Waals surface area contributed by atoms with Gasteiger partial charge in [0.2, 0.25) is 0 Å². The van der Waals surface area contributed by atoms with Crippen LogP contribution < -0.4 is 0 Å². The minimum atomic E-state index is 0.701. The number of alkyl halides is 1. The van der Waals surface area contributed by atoms with Crippen LogP contribution in [0.2, 0.25) is 0 Å². The molecule has 1 aliphatic rings. The quantitative estimate of drug-likeness (QED) is 0.702. The molecule has 0 saturated heterocycles. The molecule has 0 aromatic heterocycles. The van der Waals surface area contributed by atoms with Gasteiger partial charge in [-0.25, -0.2) is 0 Å². The van der Waals surface area contributed by atoms with Gasteiger partial charge in [0.1, 0.15) is 0 Å². The van der Waals surface area contributed by atoms with E-state index in [9.17, 15) is 0 Å². The summed E-state index contributed by atoms with van der Waals surface area (Å²) < 4.78 is 1.24. The molecule has 0 heterocycles. The van der Waals surface area contributed by atoms with Crippen LogP contribution in [0.5, 0.6) is 0 Å². The Morgan fingerprint density at radius 3 is 2.85 bits per heavy atom. The van der Waals surface area contributed by atoms with Gasteiger partial charge < -0.3 is 0 Å². The topological polar surface area (TPSA) is 0 Å². The number of hydrogen-bond acceptors (Lipinski definition) is 0. The van der Waals surface area contributed by atoms with Crippen molar-refractivity contribution in [3.8, 4) is 0 Å². The molecule has 0 aliphatic heterocycles.